The molecule has 15 heavy (non-hydrogen) atoms. The molecule has 0 fully saturated rings. The molecule has 1 aromatic carbocycles. The summed E-state index contributed by atoms with van der Waals surface area (Å²) in [6.45, 7) is 0. The number of rotatable bonds is 2. The van der Waals surface area contributed by atoms with Crippen LogP contribution >= 0.6 is 0 Å². The van der Waals surface area contributed by atoms with Crippen LogP contribution in [0.3, 0.4) is 0 Å². The standard InChI is InChI=1S/C13H9FO/c1-15-11-6-5-10-12(13(10)11)8-3-2-4-9(14)7-8/h2-7H,1H3. The molecule has 2 aliphatic carbocycles. The van der Waals surface area contributed by atoms with E-state index in [9.17, 15) is 4.39 Å². The molecule has 0 unspecified atom stereocenters. The molecule has 2 heteroatoms. The first-order valence-corrected chi connectivity index (χ1v) is 4.78. The predicted octanol–water partition coefficient (Wildman–Crippen LogP) is 3.48. The van der Waals surface area contributed by atoms with E-state index in [1.807, 2.05) is 18.2 Å². The van der Waals surface area contributed by atoms with Gasteiger partial charge < -0.3 is 4.74 Å². The zero-order chi connectivity index (χ0) is 10.4. The minimum atomic E-state index is -0.200. The van der Waals surface area contributed by atoms with Crippen molar-refractivity contribution in [1.29, 1.82) is 0 Å². The van der Waals surface area contributed by atoms with Crippen LogP contribution in [-0.4, -0.2) is 7.11 Å². The fraction of sp³-hybridized carbons (Fsp3) is 0.0769. The molecule has 74 valence electrons. The zero-order valence-corrected chi connectivity index (χ0v) is 8.25. The van der Waals surface area contributed by atoms with E-state index >= 15 is 0 Å². The molecule has 0 aromatic heterocycles. The number of hydrogen-bond donors (Lipinski definition) is 0. The van der Waals surface area contributed by atoms with Crippen LogP contribution in [0.2, 0.25) is 0 Å². The second kappa shape index (κ2) is 2.83. The summed E-state index contributed by atoms with van der Waals surface area (Å²) in [5.41, 5.74) is 4.35. The summed E-state index contributed by atoms with van der Waals surface area (Å²) in [7, 11) is 1.65. The van der Waals surface area contributed by atoms with Crippen molar-refractivity contribution in [2.75, 3.05) is 7.11 Å². The second-order valence-corrected chi connectivity index (χ2v) is 3.58. The van der Waals surface area contributed by atoms with Gasteiger partial charge in [-0.2, -0.15) is 0 Å². The molecule has 1 aromatic rings. The van der Waals surface area contributed by atoms with Gasteiger partial charge in [-0.15, -0.1) is 0 Å². The summed E-state index contributed by atoms with van der Waals surface area (Å²) in [5, 5.41) is 0. The normalized spacial score (nSPS) is 11.3. The van der Waals surface area contributed by atoms with Gasteiger partial charge in [0.05, 0.1) is 7.11 Å². The number of benzene rings is 2. The highest BCUT2D eigenvalue weighted by molar-refractivity contribution is 6.11. The van der Waals surface area contributed by atoms with Crippen molar-refractivity contribution >= 4 is 0 Å². The van der Waals surface area contributed by atoms with Crippen molar-refractivity contribution in [2.24, 2.45) is 0 Å². The molecule has 0 aliphatic heterocycles. The van der Waals surface area contributed by atoms with Crippen molar-refractivity contribution in [3.63, 3.8) is 0 Å². The average Bonchev–Trinajstić information content (AvgIpc) is 2.81. The lowest BCUT2D eigenvalue weighted by molar-refractivity contribution is 0.418. The van der Waals surface area contributed by atoms with Gasteiger partial charge in [-0.1, -0.05) is 12.1 Å². The van der Waals surface area contributed by atoms with Crippen LogP contribution in [0.15, 0.2) is 36.4 Å². The Hall–Kier alpha value is -1.83. The summed E-state index contributed by atoms with van der Waals surface area (Å²) < 4.78 is 18.2. The number of halogens is 1. The molecular weight excluding hydrogens is 191 g/mol. The molecule has 0 amide bonds. The van der Waals surface area contributed by atoms with Gasteiger partial charge >= 0.3 is 0 Å². The summed E-state index contributed by atoms with van der Waals surface area (Å²) in [6.07, 6.45) is 0. The van der Waals surface area contributed by atoms with Crippen molar-refractivity contribution in [3.05, 3.63) is 42.2 Å². The topological polar surface area (TPSA) is 9.23 Å². The molecule has 2 aliphatic rings. The smallest absolute Gasteiger partial charge is 0.127 e. The largest absolute Gasteiger partial charge is 0.496 e. The Balaban J connectivity index is 2.10. The maximum Gasteiger partial charge on any atom is 0.127 e. The Morgan fingerprint density at radius 2 is 1.93 bits per heavy atom. The van der Waals surface area contributed by atoms with Crippen LogP contribution < -0.4 is 4.74 Å². The third kappa shape index (κ3) is 1.14. The number of fused-ring (bicyclic) bond motifs is 1. The molecule has 0 spiro atoms. The van der Waals surface area contributed by atoms with Gasteiger partial charge in [0.15, 0.2) is 0 Å². The summed E-state index contributed by atoms with van der Waals surface area (Å²) in [6, 6.07) is 10.6. The van der Waals surface area contributed by atoms with Gasteiger partial charge in [-0.3, -0.25) is 0 Å². The Labute approximate surface area is 87.1 Å². The first-order chi connectivity index (χ1) is 7.31. The van der Waals surface area contributed by atoms with E-state index in [-0.39, 0.29) is 5.82 Å². The monoisotopic (exact) mass is 200 g/mol. The molecule has 0 bridgehead atoms. The first-order valence-electron chi connectivity index (χ1n) is 4.78. The Morgan fingerprint density at radius 1 is 1.07 bits per heavy atom. The number of hydrogen-bond acceptors (Lipinski definition) is 1. The third-order valence-corrected chi connectivity index (χ3v) is 2.71. The van der Waals surface area contributed by atoms with Crippen molar-refractivity contribution in [3.8, 4) is 28.0 Å². The van der Waals surface area contributed by atoms with E-state index < -0.39 is 0 Å². The summed E-state index contributed by atoms with van der Waals surface area (Å²) in [4.78, 5) is 0. The lowest BCUT2D eigenvalue weighted by Gasteiger charge is -1.95. The average molecular weight is 200 g/mol. The highest BCUT2D eigenvalue weighted by Crippen LogP contribution is 2.56. The number of methoxy groups -OCH3 is 1. The van der Waals surface area contributed by atoms with Gasteiger partial charge in [-0.05, 0) is 35.4 Å². The first kappa shape index (κ1) is 8.48. The van der Waals surface area contributed by atoms with E-state index in [4.69, 9.17) is 4.74 Å². The van der Waals surface area contributed by atoms with Gasteiger partial charge in [0.25, 0.3) is 0 Å². The van der Waals surface area contributed by atoms with E-state index in [2.05, 4.69) is 0 Å². The van der Waals surface area contributed by atoms with E-state index in [1.54, 1.807) is 19.2 Å². The third-order valence-electron chi connectivity index (χ3n) is 2.71. The van der Waals surface area contributed by atoms with Gasteiger partial charge in [0.2, 0.25) is 0 Å². The summed E-state index contributed by atoms with van der Waals surface area (Å²) >= 11 is 0. The Morgan fingerprint density at radius 3 is 2.67 bits per heavy atom. The van der Waals surface area contributed by atoms with Crippen LogP contribution in [0.4, 0.5) is 4.39 Å². The summed E-state index contributed by atoms with van der Waals surface area (Å²) in [5.74, 6) is 0.679. The van der Waals surface area contributed by atoms with Crippen LogP contribution in [0, 0.1) is 5.82 Å². The molecular formula is C13H9FO. The van der Waals surface area contributed by atoms with Crippen LogP contribution in [0.25, 0.3) is 22.3 Å². The molecule has 0 saturated carbocycles. The Bertz CT molecular complexity index is 546. The minimum absolute atomic E-state index is 0.200. The zero-order valence-electron chi connectivity index (χ0n) is 8.25. The van der Waals surface area contributed by atoms with E-state index in [0.29, 0.717) is 0 Å². The SMILES string of the molecule is COc1ccc2c(-c3cccc(F)c3)c1-2. The second-order valence-electron chi connectivity index (χ2n) is 3.58. The fourth-order valence-corrected chi connectivity index (χ4v) is 1.98. The van der Waals surface area contributed by atoms with Crippen molar-refractivity contribution in [2.45, 2.75) is 0 Å². The molecule has 0 radical (unpaired) electrons. The molecule has 0 N–H and O–H groups in total. The molecule has 0 heterocycles. The minimum Gasteiger partial charge on any atom is -0.496 e. The molecule has 0 atom stereocenters. The van der Waals surface area contributed by atoms with Crippen LogP contribution in [-0.2, 0) is 0 Å². The Kier molecular flexibility index (Phi) is 1.60. The van der Waals surface area contributed by atoms with Gasteiger partial charge in [0.1, 0.15) is 11.6 Å². The van der Waals surface area contributed by atoms with E-state index in [1.165, 1.54) is 11.6 Å². The maximum atomic E-state index is 13.0. The lowest BCUT2D eigenvalue weighted by atomic mass is 10.2. The molecule has 1 nitrogen and oxygen atoms in total. The van der Waals surface area contributed by atoms with E-state index in [0.717, 1.165) is 22.4 Å². The van der Waals surface area contributed by atoms with Crippen molar-refractivity contribution < 1.29 is 9.13 Å². The van der Waals surface area contributed by atoms with Crippen LogP contribution in [0.5, 0.6) is 5.75 Å². The molecule has 3 rings (SSSR count). The predicted molar refractivity (Wildman–Crippen MR) is 57.4 cm³/mol. The lowest BCUT2D eigenvalue weighted by Crippen LogP contribution is -1.77. The highest BCUT2D eigenvalue weighted by atomic mass is 19.1. The van der Waals surface area contributed by atoms with Gasteiger partial charge in [-0.25, -0.2) is 4.39 Å². The quantitative estimate of drug-likeness (QED) is 0.615. The maximum absolute atomic E-state index is 13.0. The van der Waals surface area contributed by atoms with Crippen LogP contribution in [0.1, 0.15) is 0 Å². The highest BCUT2D eigenvalue weighted by Gasteiger charge is 2.30. The van der Waals surface area contributed by atoms with Crippen molar-refractivity contribution in [1.82, 2.24) is 0 Å². The molecule has 0 saturated heterocycles. The fourth-order valence-electron chi connectivity index (χ4n) is 1.98. The number of ether oxygens (including phenoxy) is 1. The van der Waals surface area contributed by atoms with Gasteiger partial charge in [0, 0.05) is 11.1 Å².